The number of hydrogen-bond acceptors (Lipinski definition) is 2. The molecular weight excluding hydrogens is 190 g/mol. The molecule has 0 aromatic carbocycles. The minimum Gasteiger partial charge on any atom is -0.375 e. The highest BCUT2D eigenvalue weighted by molar-refractivity contribution is 5.81. The van der Waals surface area contributed by atoms with Gasteiger partial charge in [-0.3, -0.25) is 4.79 Å². The van der Waals surface area contributed by atoms with E-state index in [1.54, 1.807) is 0 Å². The molecule has 0 atom stereocenters. The Kier molecular flexibility index (Phi) is 3.29. The highest BCUT2D eigenvalue weighted by Gasteiger charge is 2.35. The van der Waals surface area contributed by atoms with E-state index < -0.39 is 0 Å². The standard InChI is InChI=1S/C12H21NO2/c1-9(2)15-11-5-7-13(8-6-11)12(14)10-3-4-10/h9-11H,3-8H2,1-2H3. The van der Waals surface area contributed by atoms with E-state index in [4.69, 9.17) is 4.74 Å². The Labute approximate surface area is 91.8 Å². The Morgan fingerprint density at radius 2 is 1.80 bits per heavy atom. The first-order chi connectivity index (χ1) is 7.16. The smallest absolute Gasteiger partial charge is 0.225 e. The van der Waals surface area contributed by atoms with Gasteiger partial charge in [-0.05, 0) is 39.5 Å². The van der Waals surface area contributed by atoms with Gasteiger partial charge in [0.25, 0.3) is 0 Å². The van der Waals surface area contributed by atoms with Gasteiger partial charge >= 0.3 is 0 Å². The van der Waals surface area contributed by atoms with E-state index in [0.717, 1.165) is 38.8 Å². The number of nitrogens with zero attached hydrogens (tertiary/aromatic N) is 1. The van der Waals surface area contributed by atoms with Gasteiger partial charge in [0, 0.05) is 19.0 Å². The summed E-state index contributed by atoms with van der Waals surface area (Å²) in [5, 5.41) is 0. The minimum absolute atomic E-state index is 0.306. The second kappa shape index (κ2) is 4.52. The van der Waals surface area contributed by atoms with E-state index in [-0.39, 0.29) is 0 Å². The van der Waals surface area contributed by atoms with Crippen molar-refractivity contribution < 1.29 is 9.53 Å². The van der Waals surface area contributed by atoms with Crippen LogP contribution in [0.25, 0.3) is 0 Å². The van der Waals surface area contributed by atoms with Crippen molar-refractivity contribution in [1.82, 2.24) is 4.90 Å². The van der Waals surface area contributed by atoms with Crippen LogP contribution < -0.4 is 0 Å². The molecule has 2 fully saturated rings. The van der Waals surface area contributed by atoms with E-state index in [1.165, 1.54) is 0 Å². The quantitative estimate of drug-likeness (QED) is 0.712. The molecule has 15 heavy (non-hydrogen) atoms. The summed E-state index contributed by atoms with van der Waals surface area (Å²) in [7, 11) is 0. The van der Waals surface area contributed by atoms with Crippen molar-refractivity contribution in [3.63, 3.8) is 0 Å². The lowest BCUT2D eigenvalue weighted by Crippen LogP contribution is -2.42. The molecule has 1 amide bonds. The summed E-state index contributed by atoms with van der Waals surface area (Å²) in [5.74, 6) is 0.755. The number of ether oxygens (including phenoxy) is 1. The second-order valence-corrected chi connectivity index (χ2v) is 4.98. The summed E-state index contributed by atoms with van der Waals surface area (Å²) in [6.45, 7) is 5.93. The maximum absolute atomic E-state index is 11.8. The molecule has 0 bridgehead atoms. The summed E-state index contributed by atoms with van der Waals surface area (Å²) in [4.78, 5) is 13.8. The number of amides is 1. The average Bonchev–Trinajstić information content (AvgIpc) is 3.00. The summed E-state index contributed by atoms with van der Waals surface area (Å²) in [6, 6.07) is 0. The first kappa shape index (κ1) is 10.9. The molecule has 0 unspecified atom stereocenters. The van der Waals surface area contributed by atoms with Crippen molar-refractivity contribution in [3.05, 3.63) is 0 Å². The van der Waals surface area contributed by atoms with Crippen LogP contribution in [-0.2, 0) is 9.53 Å². The van der Waals surface area contributed by atoms with Gasteiger partial charge in [0.2, 0.25) is 5.91 Å². The Morgan fingerprint density at radius 3 is 2.27 bits per heavy atom. The highest BCUT2D eigenvalue weighted by Crippen LogP contribution is 2.32. The van der Waals surface area contributed by atoms with Crippen LogP contribution in [0.4, 0.5) is 0 Å². The predicted molar refractivity (Wildman–Crippen MR) is 58.5 cm³/mol. The van der Waals surface area contributed by atoms with Gasteiger partial charge in [-0.25, -0.2) is 0 Å². The average molecular weight is 211 g/mol. The highest BCUT2D eigenvalue weighted by atomic mass is 16.5. The van der Waals surface area contributed by atoms with Gasteiger partial charge in [0.15, 0.2) is 0 Å². The molecule has 2 aliphatic rings. The lowest BCUT2D eigenvalue weighted by atomic mass is 10.1. The van der Waals surface area contributed by atoms with E-state index in [9.17, 15) is 4.79 Å². The van der Waals surface area contributed by atoms with Crippen LogP contribution in [-0.4, -0.2) is 36.1 Å². The second-order valence-electron chi connectivity index (χ2n) is 4.98. The molecule has 0 aromatic heterocycles. The maximum atomic E-state index is 11.8. The third-order valence-electron chi connectivity index (χ3n) is 3.14. The van der Waals surface area contributed by atoms with Gasteiger partial charge in [0.05, 0.1) is 12.2 Å². The number of piperidine rings is 1. The first-order valence-corrected chi connectivity index (χ1v) is 6.11. The van der Waals surface area contributed by atoms with Crippen molar-refractivity contribution in [3.8, 4) is 0 Å². The predicted octanol–water partition coefficient (Wildman–Crippen LogP) is 1.81. The molecule has 86 valence electrons. The summed E-state index contributed by atoms with van der Waals surface area (Å²) < 4.78 is 5.76. The van der Waals surface area contributed by atoms with Gasteiger partial charge in [-0.1, -0.05) is 0 Å². The molecule has 0 spiro atoms. The topological polar surface area (TPSA) is 29.5 Å². The number of rotatable bonds is 3. The lowest BCUT2D eigenvalue weighted by Gasteiger charge is -2.33. The monoisotopic (exact) mass is 211 g/mol. The molecule has 1 saturated heterocycles. The van der Waals surface area contributed by atoms with Crippen molar-refractivity contribution in [2.45, 2.75) is 51.7 Å². The Bertz CT molecular complexity index is 228. The molecule has 1 heterocycles. The Balaban J connectivity index is 1.73. The maximum Gasteiger partial charge on any atom is 0.225 e. The zero-order valence-corrected chi connectivity index (χ0v) is 9.74. The number of likely N-dealkylation sites (tertiary alicyclic amines) is 1. The van der Waals surface area contributed by atoms with E-state index in [1.807, 2.05) is 4.90 Å². The van der Waals surface area contributed by atoms with Gasteiger partial charge in [-0.15, -0.1) is 0 Å². The lowest BCUT2D eigenvalue weighted by molar-refractivity contribution is -0.135. The molecule has 1 aliphatic heterocycles. The molecule has 1 aliphatic carbocycles. The van der Waals surface area contributed by atoms with Gasteiger partial charge in [-0.2, -0.15) is 0 Å². The number of hydrogen-bond donors (Lipinski definition) is 0. The van der Waals surface area contributed by atoms with Gasteiger partial charge < -0.3 is 9.64 Å². The van der Waals surface area contributed by atoms with Crippen LogP contribution >= 0.6 is 0 Å². The molecular formula is C12H21NO2. The van der Waals surface area contributed by atoms with Crippen molar-refractivity contribution in [1.29, 1.82) is 0 Å². The zero-order chi connectivity index (χ0) is 10.8. The van der Waals surface area contributed by atoms with Crippen molar-refractivity contribution in [2.24, 2.45) is 5.92 Å². The summed E-state index contributed by atoms with van der Waals surface area (Å²) >= 11 is 0. The molecule has 0 N–H and O–H groups in total. The Morgan fingerprint density at radius 1 is 1.20 bits per heavy atom. The molecule has 0 radical (unpaired) electrons. The van der Waals surface area contributed by atoms with Crippen LogP contribution in [0, 0.1) is 5.92 Å². The molecule has 2 rings (SSSR count). The zero-order valence-electron chi connectivity index (χ0n) is 9.74. The van der Waals surface area contributed by atoms with Crippen LogP contribution in [0.5, 0.6) is 0 Å². The summed E-state index contributed by atoms with van der Waals surface area (Å²) in [6.07, 6.45) is 4.92. The van der Waals surface area contributed by atoms with Gasteiger partial charge in [0.1, 0.15) is 0 Å². The van der Waals surface area contributed by atoms with Crippen molar-refractivity contribution in [2.75, 3.05) is 13.1 Å². The Hall–Kier alpha value is -0.570. The number of carbonyl (C=O) groups is 1. The number of carbonyl (C=O) groups excluding carboxylic acids is 1. The third kappa shape index (κ3) is 2.94. The normalized spacial score (nSPS) is 23.5. The molecule has 3 heteroatoms. The van der Waals surface area contributed by atoms with E-state index in [0.29, 0.717) is 24.0 Å². The molecule has 3 nitrogen and oxygen atoms in total. The fourth-order valence-electron chi connectivity index (χ4n) is 2.19. The van der Waals surface area contributed by atoms with Crippen LogP contribution in [0.1, 0.15) is 39.5 Å². The van der Waals surface area contributed by atoms with Crippen LogP contribution in [0.15, 0.2) is 0 Å². The molecule has 0 aromatic rings. The van der Waals surface area contributed by atoms with E-state index >= 15 is 0 Å². The van der Waals surface area contributed by atoms with Crippen LogP contribution in [0.3, 0.4) is 0 Å². The molecule has 1 saturated carbocycles. The fraction of sp³-hybridized carbons (Fsp3) is 0.917. The summed E-state index contributed by atoms with van der Waals surface area (Å²) in [5.41, 5.74) is 0. The largest absolute Gasteiger partial charge is 0.375 e. The third-order valence-corrected chi connectivity index (χ3v) is 3.14. The SMILES string of the molecule is CC(C)OC1CCN(C(=O)C2CC2)CC1. The minimum atomic E-state index is 0.306. The first-order valence-electron chi connectivity index (χ1n) is 6.11. The van der Waals surface area contributed by atoms with Crippen molar-refractivity contribution >= 4 is 5.91 Å². The van der Waals surface area contributed by atoms with E-state index in [2.05, 4.69) is 13.8 Å². The fourth-order valence-corrected chi connectivity index (χ4v) is 2.19. The van der Waals surface area contributed by atoms with Crippen LogP contribution in [0.2, 0.25) is 0 Å².